The minimum Gasteiger partial charge on any atom is -0.451 e. The van der Waals surface area contributed by atoms with Crippen molar-refractivity contribution in [1.29, 1.82) is 0 Å². The minimum atomic E-state index is -0.823. The van der Waals surface area contributed by atoms with Crippen LogP contribution in [0.3, 0.4) is 0 Å². The number of hydrogen-bond acceptors (Lipinski definition) is 5. The third-order valence-electron chi connectivity index (χ3n) is 2.95. The fraction of sp³-hybridized carbons (Fsp3) is 0.615. The Hall–Kier alpha value is -2.05. The van der Waals surface area contributed by atoms with E-state index in [0.717, 1.165) is 12.8 Å². The quantitative estimate of drug-likeness (QED) is 0.717. The van der Waals surface area contributed by atoms with Crippen LogP contribution in [-0.4, -0.2) is 33.8 Å². The van der Waals surface area contributed by atoms with Crippen molar-refractivity contribution in [1.82, 2.24) is 15.1 Å². The molecule has 1 aromatic rings. The zero-order chi connectivity index (χ0) is 15.1. The molecule has 0 aliphatic carbocycles. The highest BCUT2D eigenvalue weighted by Crippen LogP contribution is 2.02. The lowest BCUT2D eigenvalue weighted by Crippen LogP contribution is -2.41. The highest BCUT2D eigenvalue weighted by Gasteiger charge is 2.20. The fourth-order valence-electron chi connectivity index (χ4n) is 1.70. The van der Waals surface area contributed by atoms with Gasteiger partial charge in [-0.25, -0.2) is 0 Å². The zero-order valence-electron chi connectivity index (χ0n) is 12.1. The van der Waals surface area contributed by atoms with Gasteiger partial charge in [0.2, 0.25) is 0 Å². The van der Waals surface area contributed by atoms with Crippen molar-refractivity contribution >= 4 is 17.6 Å². The van der Waals surface area contributed by atoms with Crippen molar-refractivity contribution in [2.24, 2.45) is 0 Å². The van der Waals surface area contributed by atoms with Crippen LogP contribution in [0.1, 0.15) is 33.6 Å². The van der Waals surface area contributed by atoms with Crippen molar-refractivity contribution in [2.75, 3.05) is 5.73 Å². The molecular weight excluding hydrogens is 260 g/mol. The number of amides is 1. The van der Waals surface area contributed by atoms with Gasteiger partial charge in [0.1, 0.15) is 6.54 Å². The van der Waals surface area contributed by atoms with Crippen LogP contribution >= 0.6 is 0 Å². The number of anilines is 1. The van der Waals surface area contributed by atoms with Gasteiger partial charge in [0.15, 0.2) is 6.10 Å². The first kappa shape index (κ1) is 16.0. The first-order valence-electron chi connectivity index (χ1n) is 6.74. The molecule has 1 atom stereocenters. The van der Waals surface area contributed by atoms with Crippen LogP contribution in [0.25, 0.3) is 0 Å². The normalized spacial score (nSPS) is 12.2. The maximum Gasteiger partial charge on any atom is 0.328 e. The molecule has 20 heavy (non-hydrogen) atoms. The molecular formula is C13H22N4O3. The Bertz CT molecular complexity index is 454. The summed E-state index contributed by atoms with van der Waals surface area (Å²) in [6.07, 6.45) is 3.83. The van der Waals surface area contributed by atoms with Crippen LogP contribution in [0.4, 0.5) is 5.69 Å². The molecule has 1 amide bonds. The number of carbonyl (C=O) groups excluding carboxylic acids is 2. The fourth-order valence-corrected chi connectivity index (χ4v) is 1.70. The maximum absolute atomic E-state index is 11.8. The second kappa shape index (κ2) is 7.52. The number of ether oxygens (including phenoxy) is 1. The van der Waals surface area contributed by atoms with E-state index in [2.05, 4.69) is 10.4 Å². The number of nitrogens with two attached hydrogens (primary N) is 1. The molecule has 3 N–H and O–H groups in total. The Morgan fingerprint density at radius 1 is 1.45 bits per heavy atom. The number of esters is 1. The summed E-state index contributed by atoms with van der Waals surface area (Å²) in [6, 6.07) is 0.106. The summed E-state index contributed by atoms with van der Waals surface area (Å²) in [4.78, 5) is 23.5. The van der Waals surface area contributed by atoms with Crippen LogP contribution in [-0.2, 0) is 20.9 Å². The molecule has 0 radical (unpaired) electrons. The predicted molar refractivity (Wildman–Crippen MR) is 74.7 cm³/mol. The van der Waals surface area contributed by atoms with Crippen LogP contribution < -0.4 is 11.1 Å². The summed E-state index contributed by atoms with van der Waals surface area (Å²) in [6.45, 7) is 5.47. The van der Waals surface area contributed by atoms with Crippen molar-refractivity contribution in [2.45, 2.75) is 52.3 Å². The number of carbonyl (C=O) groups is 2. The van der Waals surface area contributed by atoms with Crippen molar-refractivity contribution in [3.8, 4) is 0 Å². The summed E-state index contributed by atoms with van der Waals surface area (Å²) in [7, 11) is 0. The number of nitrogens with one attached hydrogen (secondary N) is 1. The van der Waals surface area contributed by atoms with Crippen LogP contribution in [0, 0.1) is 0 Å². The van der Waals surface area contributed by atoms with E-state index >= 15 is 0 Å². The van der Waals surface area contributed by atoms with E-state index in [9.17, 15) is 9.59 Å². The van der Waals surface area contributed by atoms with Gasteiger partial charge < -0.3 is 15.8 Å². The Balaban J connectivity index is 2.42. The van der Waals surface area contributed by atoms with Gasteiger partial charge in [-0.1, -0.05) is 13.8 Å². The van der Waals surface area contributed by atoms with Gasteiger partial charge in [0, 0.05) is 12.2 Å². The van der Waals surface area contributed by atoms with Crippen LogP contribution in [0.15, 0.2) is 12.4 Å². The maximum atomic E-state index is 11.8. The SMILES string of the molecule is CCC(CC)NC(=O)C(C)OC(=O)Cn1cc(N)cn1. The smallest absolute Gasteiger partial charge is 0.328 e. The largest absolute Gasteiger partial charge is 0.451 e. The third kappa shape index (κ3) is 4.91. The monoisotopic (exact) mass is 282 g/mol. The first-order chi connectivity index (χ1) is 9.46. The number of nitrogens with zero attached hydrogens (tertiary/aromatic N) is 2. The second-order valence-electron chi connectivity index (χ2n) is 4.63. The molecule has 0 aliphatic heterocycles. The van der Waals surface area contributed by atoms with Gasteiger partial charge in [0.05, 0.1) is 11.9 Å². The van der Waals surface area contributed by atoms with Gasteiger partial charge >= 0.3 is 5.97 Å². The van der Waals surface area contributed by atoms with Crippen molar-refractivity contribution < 1.29 is 14.3 Å². The lowest BCUT2D eigenvalue weighted by atomic mass is 10.1. The van der Waals surface area contributed by atoms with Crippen LogP contribution in [0.2, 0.25) is 0 Å². The summed E-state index contributed by atoms with van der Waals surface area (Å²) in [5, 5.41) is 6.70. The molecule has 0 spiro atoms. The van der Waals surface area contributed by atoms with Gasteiger partial charge in [-0.2, -0.15) is 5.10 Å². The van der Waals surface area contributed by atoms with Crippen LogP contribution in [0.5, 0.6) is 0 Å². The minimum absolute atomic E-state index is 0.0696. The summed E-state index contributed by atoms with van der Waals surface area (Å²) >= 11 is 0. The van der Waals surface area contributed by atoms with E-state index in [-0.39, 0.29) is 18.5 Å². The van der Waals surface area contributed by atoms with Crippen molar-refractivity contribution in [3.05, 3.63) is 12.4 Å². The lowest BCUT2D eigenvalue weighted by molar-refractivity contribution is -0.155. The summed E-state index contributed by atoms with van der Waals surface area (Å²) in [5.74, 6) is -0.813. The van der Waals surface area contributed by atoms with E-state index in [1.54, 1.807) is 6.92 Å². The second-order valence-corrected chi connectivity index (χ2v) is 4.63. The van der Waals surface area contributed by atoms with E-state index in [1.807, 2.05) is 13.8 Å². The Morgan fingerprint density at radius 3 is 2.60 bits per heavy atom. The topological polar surface area (TPSA) is 99.2 Å². The zero-order valence-corrected chi connectivity index (χ0v) is 12.1. The lowest BCUT2D eigenvalue weighted by Gasteiger charge is -2.18. The third-order valence-corrected chi connectivity index (χ3v) is 2.95. The van der Waals surface area contributed by atoms with Gasteiger partial charge in [0.25, 0.3) is 5.91 Å². The predicted octanol–water partition coefficient (Wildman–Crippen LogP) is 0.702. The molecule has 112 valence electrons. The molecule has 7 heteroatoms. The Morgan fingerprint density at radius 2 is 2.10 bits per heavy atom. The van der Waals surface area contributed by atoms with Crippen molar-refractivity contribution in [3.63, 3.8) is 0 Å². The average Bonchev–Trinajstić information content (AvgIpc) is 2.80. The van der Waals surface area contributed by atoms with Gasteiger partial charge in [-0.05, 0) is 19.8 Å². The molecule has 0 bridgehead atoms. The molecule has 0 saturated heterocycles. The molecule has 7 nitrogen and oxygen atoms in total. The molecule has 0 aliphatic rings. The van der Waals surface area contributed by atoms with Gasteiger partial charge in [-0.3, -0.25) is 14.3 Å². The van der Waals surface area contributed by atoms with E-state index in [4.69, 9.17) is 10.5 Å². The number of aromatic nitrogens is 2. The van der Waals surface area contributed by atoms with Gasteiger partial charge in [-0.15, -0.1) is 0 Å². The Kier molecular flexibility index (Phi) is 6.02. The van der Waals surface area contributed by atoms with E-state index in [1.165, 1.54) is 17.1 Å². The number of rotatable bonds is 7. The molecule has 0 fully saturated rings. The van der Waals surface area contributed by atoms with E-state index in [0.29, 0.717) is 5.69 Å². The average molecular weight is 282 g/mol. The highest BCUT2D eigenvalue weighted by atomic mass is 16.5. The highest BCUT2D eigenvalue weighted by molar-refractivity contribution is 5.83. The molecule has 1 aromatic heterocycles. The standard InChI is InChI=1S/C13H22N4O3/c1-4-11(5-2)16-13(19)9(3)20-12(18)8-17-7-10(14)6-15-17/h6-7,9,11H,4-5,8,14H2,1-3H3,(H,16,19). The summed E-state index contributed by atoms with van der Waals surface area (Å²) in [5.41, 5.74) is 5.96. The first-order valence-corrected chi connectivity index (χ1v) is 6.74. The molecule has 1 rings (SSSR count). The molecule has 1 unspecified atom stereocenters. The molecule has 1 heterocycles. The molecule has 0 aromatic carbocycles. The molecule has 0 saturated carbocycles. The summed E-state index contributed by atoms with van der Waals surface area (Å²) < 4.78 is 6.43. The Labute approximate surface area is 118 Å². The number of hydrogen-bond donors (Lipinski definition) is 2. The number of nitrogen functional groups attached to an aromatic ring is 1. The van der Waals surface area contributed by atoms with E-state index < -0.39 is 12.1 Å².